The summed E-state index contributed by atoms with van der Waals surface area (Å²) in [7, 11) is 0. The van der Waals surface area contributed by atoms with E-state index >= 15 is 0 Å². The fourth-order valence-electron chi connectivity index (χ4n) is 2.15. The molecule has 5 nitrogen and oxygen atoms in total. The molecule has 0 aromatic heterocycles. The molecule has 1 aromatic rings. The highest BCUT2D eigenvalue weighted by molar-refractivity contribution is 5.96. The van der Waals surface area contributed by atoms with E-state index in [1.807, 2.05) is 0 Å². The van der Waals surface area contributed by atoms with Crippen LogP contribution < -0.4 is 15.8 Å². The quantitative estimate of drug-likeness (QED) is 0.741. The molecule has 0 radical (unpaired) electrons. The lowest BCUT2D eigenvalue weighted by atomic mass is 9.77. The van der Waals surface area contributed by atoms with E-state index in [0.29, 0.717) is 12.8 Å². The van der Waals surface area contributed by atoms with Crippen molar-refractivity contribution >= 4 is 11.6 Å². The monoisotopic (exact) mass is 304 g/mol. The number of amides is 1. The van der Waals surface area contributed by atoms with Crippen LogP contribution in [-0.2, 0) is 0 Å². The zero-order chi connectivity index (χ0) is 15.7. The second kappa shape index (κ2) is 5.44. The number of nitrogen functional groups attached to an aromatic ring is 1. The Bertz CT molecular complexity index is 536. The van der Waals surface area contributed by atoms with Gasteiger partial charge in [0.05, 0.1) is 17.8 Å². The first-order valence-electron chi connectivity index (χ1n) is 6.33. The molecular formula is C13H15F3N2O3. The summed E-state index contributed by atoms with van der Waals surface area (Å²) in [5, 5.41) is 12.0. The maximum Gasteiger partial charge on any atom is 0.573 e. The summed E-state index contributed by atoms with van der Waals surface area (Å²) >= 11 is 0. The number of aliphatic hydroxyl groups excluding tert-OH is 1. The van der Waals surface area contributed by atoms with Gasteiger partial charge in [0.15, 0.2) is 5.75 Å². The van der Waals surface area contributed by atoms with Crippen molar-refractivity contribution in [2.45, 2.75) is 31.2 Å². The predicted molar refractivity (Wildman–Crippen MR) is 68.7 cm³/mol. The second-order valence-electron chi connectivity index (χ2n) is 5.05. The van der Waals surface area contributed by atoms with Crippen LogP contribution in [0.5, 0.6) is 5.75 Å². The molecule has 8 heteroatoms. The van der Waals surface area contributed by atoms with E-state index in [0.717, 1.165) is 18.6 Å². The van der Waals surface area contributed by atoms with E-state index < -0.39 is 23.6 Å². The van der Waals surface area contributed by atoms with Crippen molar-refractivity contribution in [2.75, 3.05) is 12.3 Å². The van der Waals surface area contributed by atoms with Gasteiger partial charge >= 0.3 is 6.36 Å². The number of carbonyl (C=O) groups is 1. The molecule has 0 atom stereocenters. The normalized spacial score (nSPS) is 17.0. The van der Waals surface area contributed by atoms with Gasteiger partial charge in [-0.1, -0.05) is 0 Å². The molecule has 0 bridgehead atoms. The van der Waals surface area contributed by atoms with Crippen LogP contribution in [0, 0.1) is 0 Å². The number of aliphatic hydroxyl groups is 1. The van der Waals surface area contributed by atoms with Gasteiger partial charge in [-0.3, -0.25) is 4.79 Å². The van der Waals surface area contributed by atoms with Gasteiger partial charge in [0, 0.05) is 5.56 Å². The lowest BCUT2D eigenvalue weighted by Gasteiger charge is -2.40. The Hall–Kier alpha value is -1.96. The molecule has 116 valence electrons. The Labute approximate surface area is 118 Å². The van der Waals surface area contributed by atoms with Crippen LogP contribution in [0.15, 0.2) is 18.2 Å². The van der Waals surface area contributed by atoms with E-state index in [2.05, 4.69) is 10.1 Å². The van der Waals surface area contributed by atoms with Crippen molar-refractivity contribution in [3.63, 3.8) is 0 Å². The lowest BCUT2D eigenvalue weighted by Crippen LogP contribution is -2.56. The van der Waals surface area contributed by atoms with Crippen molar-refractivity contribution in [1.29, 1.82) is 0 Å². The predicted octanol–water partition coefficient (Wildman–Crippen LogP) is 1.81. The Kier molecular flexibility index (Phi) is 3.99. The maximum atomic E-state index is 12.1. The third-order valence-electron chi connectivity index (χ3n) is 3.49. The Balaban J connectivity index is 2.10. The number of carbonyl (C=O) groups excluding carboxylic acids is 1. The van der Waals surface area contributed by atoms with Crippen molar-refractivity contribution in [2.24, 2.45) is 0 Å². The van der Waals surface area contributed by atoms with Gasteiger partial charge in [-0.05, 0) is 37.5 Å². The van der Waals surface area contributed by atoms with Crippen LogP contribution in [0.2, 0.25) is 0 Å². The van der Waals surface area contributed by atoms with Crippen molar-refractivity contribution in [3.05, 3.63) is 23.8 Å². The van der Waals surface area contributed by atoms with Gasteiger partial charge in [-0.15, -0.1) is 13.2 Å². The van der Waals surface area contributed by atoms with Crippen LogP contribution in [-0.4, -0.2) is 29.5 Å². The third-order valence-corrected chi connectivity index (χ3v) is 3.49. The molecule has 1 amide bonds. The van der Waals surface area contributed by atoms with Crippen molar-refractivity contribution < 1.29 is 27.8 Å². The van der Waals surface area contributed by atoms with Crippen LogP contribution >= 0.6 is 0 Å². The molecular weight excluding hydrogens is 289 g/mol. The minimum absolute atomic E-state index is 0.113. The number of nitrogens with one attached hydrogen (secondary N) is 1. The third kappa shape index (κ3) is 3.57. The second-order valence-corrected chi connectivity index (χ2v) is 5.05. The van der Waals surface area contributed by atoms with E-state index in [-0.39, 0.29) is 17.9 Å². The van der Waals surface area contributed by atoms with E-state index in [1.54, 1.807) is 0 Å². The number of benzene rings is 1. The number of ether oxygens (including phenoxy) is 1. The summed E-state index contributed by atoms with van der Waals surface area (Å²) in [6.45, 7) is -0.177. The first kappa shape index (κ1) is 15.4. The fraction of sp³-hybridized carbons (Fsp3) is 0.462. The van der Waals surface area contributed by atoms with Crippen molar-refractivity contribution in [1.82, 2.24) is 5.32 Å². The highest BCUT2D eigenvalue weighted by Gasteiger charge is 2.38. The van der Waals surface area contributed by atoms with E-state index in [1.165, 1.54) is 6.07 Å². The molecule has 1 fully saturated rings. The molecule has 0 heterocycles. The molecule has 4 N–H and O–H groups in total. The molecule has 2 rings (SSSR count). The number of hydrogen-bond donors (Lipinski definition) is 3. The largest absolute Gasteiger partial charge is 0.573 e. The Morgan fingerprint density at radius 2 is 2.10 bits per heavy atom. The van der Waals surface area contributed by atoms with Gasteiger partial charge in [-0.2, -0.15) is 0 Å². The molecule has 0 spiro atoms. The Morgan fingerprint density at radius 1 is 1.43 bits per heavy atom. The fourth-order valence-corrected chi connectivity index (χ4v) is 2.15. The number of halogens is 3. The van der Waals surface area contributed by atoms with Gasteiger partial charge in [0.25, 0.3) is 5.91 Å². The van der Waals surface area contributed by atoms with Gasteiger partial charge in [0.1, 0.15) is 0 Å². The Morgan fingerprint density at radius 3 is 2.52 bits per heavy atom. The SMILES string of the molecule is Nc1cc(C(=O)NC2(CO)CCC2)ccc1OC(F)(F)F. The first-order chi connectivity index (χ1) is 9.75. The topological polar surface area (TPSA) is 84.6 Å². The molecule has 1 aliphatic carbocycles. The molecule has 0 saturated heterocycles. The molecule has 1 saturated carbocycles. The molecule has 21 heavy (non-hydrogen) atoms. The number of alkyl halides is 3. The zero-order valence-corrected chi connectivity index (χ0v) is 11.0. The number of anilines is 1. The van der Waals surface area contributed by atoms with Crippen molar-refractivity contribution in [3.8, 4) is 5.75 Å². The minimum Gasteiger partial charge on any atom is -0.404 e. The number of hydrogen-bond acceptors (Lipinski definition) is 4. The standard InChI is InChI=1S/C13H15F3N2O3/c14-13(15,16)21-10-3-2-8(6-9(10)17)11(20)18-12(7-19)4-1-5-12/h2-3,6,19H,1,4-5,7,17H2,(H,18,20). The molecule has 0 aliphatic heterocycles. The smallest absolute Gasteiger partial charge is 0.404 e. The van der Waals surface area contributed by atoms with Crippen LogP contribution in [0.3, 0.4) is 0 Å². The van der Waals surface area contributed by atoms with Gasteiger partial charge in [-0.25, -0.2) is 0 Å². The maximum absolute atomic E-state index is 12.1. The summed E-state index contributed by atoms with van der Waals surface area (Å²) in [4.78, 5) is 12.0. The number of rotatable bonds is 4. The highest BCUT2D eigenvalue weighted by Crippen LogP contribution is 2.32. The summed E-state index contributed by atoms with van der Waals surface area (Å²) in [6, 6.07) is 3.29. The van der Waals surface area contributed by atoms with Gasteiger partial charge < -0.3 is 20.9 Å². The summed E-state index contributed by atoms with van der Waals surface area (Å²) in [6.07, 6.45) is -2.61. The lowest BCUT2D eigenvalue weighted by molar-refractivity contribution is -0.274. The van der Waals surface area contributed by atoms with E-state index in [4.69, 9.17) is 5.73 Å². The molecule has 1 aliphatic rings. The highest BCUT2D eigenvalue weighted by atomic mass is 19.4. The molecule has 1 aromatic carbocycles. The minimum atomic E-state index is -4.84. The number of nitrogens with two attached hydrogens (primary N) is 1. The van der Waals surface area contributed by atoms with Crippen LogP contribution in [0.25, 0.3) is 0 Å². The van der Waals surface area contributed by atoms with Crippen LogP contribution in [0.4, 0.5) is 18.9 Å². The average molecular weight is 304 g/mol. The van der Waals surface area contributed by atoms with Crippen LogP contribution in [0.1, 0.15) is 29.6 Å². The summed E-state index contributed by atoms with van der Waals surface area (Å²) < 4.78 is 40.1. The summed E-state index contributed by atoms with van der Waals surface area (Å²) in [5.74, 6) is -1.05. The van der Waals surface area contributed by atoms with E-state index in [9.17, 15) is 23.1 Å². The average Bonchev–Trinajstić information content (AvgIpc) is 2.34. The first-order valence-corrected chi connectivity index (χ1v) is 6.33. The molecule has 0 unspecified atom stereocenters. The zero-order valence-electron chi connectivity index (χ0n) is 11.0. The summed E-state index contributed by atoms with van der Waals surface area (Å²) in [5.41, 5.74) is 4.65. The van der Waals surface area contributed by atoms with Gasteiger partial charge in [0.2, 0.25) is 0 Å².